The molecular weight excluding hydrogens is 432 g/mol. The lowest BCUT2D eigenvalue weighted by Crippen LogP contribution is -2.55. The van der Waals surface area contributed by atoms with Crippen LogP contribution in [0.1, 0.15) is 32.6 Å². The molecule has 0 spiro atoms. The summed E-state index contributed by atoms with van der Waals surface area (Å²) in [6.07, 6.45) is 3.46. The summed E-state index contributed by atoms with van der Waals surface area (Å²) in [5.41, 5.74) is 0.941. The normalized spacial score (nSPS) is 21.4. The van der Waals surface area contributed by atoms with Gasteiger partial charge in [-0.25, -0.2) is 0 Å². The van der Waals surface area contributed by atoms with E-state index in [0.717, 1.165) is 42.4 Å². The Hall–Kier alpha value is -1.62. The van der Waals surface area contributed by atoms with Crippen LogP contribution in [0.2, 0.25) is 5.02 Å². The van der Waals surface area contributed by atoms with Gasteiger partial charge in [-0.2, -0.15) is 13.1 Å². The standard InChI is InChI=1S/C18H23ClN6O2S2/c1-2-24-17(13-7-9-14(19)10-8-13)20-21-18(24)28-12-16-23-29(26,27)22-15-6-4-3-5-11-25(15)16/h7-10,16,23H,2-6,11-12H2,1H3/t16-/m0/s1. The summed E-state index contributed by atoms with van der Waals surface area (Å²) in [5.74, 6) is 1.97. The Morgan fingerprint density at radius 2 is 2.00 bits per heavy atom. The van der Waals surface area contributed by atoms with Crippen molar-refractivity contribution < 1.29 is 8.42 Å². The number of thioether (sulfide) groups is 1. The van der Waals surface area contributed by atoms with Gasteiger partial charge in [0.1, 0.15) is 12.0 Å². The maximum absolute atomic E-state index is 12.2. The summed E-state index contributed by atoms with van der Waals surface area (Å²) in [5, 5.41) is 10.1. The minimum absolute atomic E-state index is 0.336. The number of halogens is 1. The van der Waals surface area contributed by atoms with Gasteiger partial charge in [0.2, 0.25) is 0 Å². The predicted octanol–water partition coefficient (Wildman–Crippen LogP) is 3.16. The van der Waals surface area contributed by atoms with Crippen molar-refractivity contribution in [1.82, 2.24) is 24.4 Å². The number of nitrogens with one attached hydrogen (secondary N) is 1. The van der Waals surface area contributed by atoms with Crippen LogP contribution < -0.4 is 4.72 Å². The van der Waals surface area contributed by atoms with E-state index >= 15 is 0 Å². The molecule has 0 aliphatic carbocycles. The molecule has 0 radical (unpaired) electrons. The molecule has 29 heavy (non-hydrogen) atoms. The van der Waals surface area contributed by atoms with E-state index in [-0.39, 0.29) is 6.17 Å². The van der Waals surface area contributed by atoms with E-state index in [9.17, 15) is 8.42 Å². The molecule has 1 N–H and O–H groups in total. The first-order valence-corrected chi connectivity index (χ1v) is 12.5. The second kappa shape index (κ2) is 8.63. The lowest BCUT2D eigenvalue weighted by molar-refractivity contribution is 0.310. The van der Waals surface area contributed by atoms with Gasteiger partial charge in [-0.3, -0.25) is 0 Å². The van der Waals surface area contributed by atoms with E-state index in [2.05, 4.69) is 24.2 Å². The van der Waals surface area contributed by atoms with Crippen molar-refractivity contribution in [3.63, 3.8) is 0 Å². The Morgan fingerprint density at radius 1 is 1.21 bits per heavy atom. The maximum Gasteiger partial charge on any atom is 0.323 e. The predicted molar refractivity (Wildman–Crippen MR) is 115 cm³/mol. The van der Waals surface area contributed by atoms with Crippen LogP contribution in [-0.2, 0) is 16.8 Å². The van der Waals surface area contributed by atoms with Crippen molar-refractivity contribution in [2.75, 3.05) is 12.3 Å². The molecule has 2 aromatic rings. The van der Waals surface area contributed by atoms with E-state index in [4.69, 9.17) is 11.6 Å². The molecule has 4 rings (SSSR count). The van der Waals surface area contributed by atoms with Gasteiger partial charge in [0.05, 0.1) is 0 Å². The van der Waals surface area contributed by atoms with E-state index in [1.165, 1.54) is 11.8 Å². The van der Waals surface area contributed by atoms with Gasteiger partial charge in [-0.1, -0.05) is 29.8 Å². The highest BCUT2D eigenvalue weighted by atomic mass is 35.5. The average Bonchev–Trinajstić information content (AvgIpc) is 2.95. The summed E-state index contributed by atoms with van der Waals surface area (Å²) >= 11 is 7.49. The zero-order chi connectivity index (χ0) is 20.4. The van der Waals surface area contributed by atoms with Crippen LogP contribution in [0.25, 0.3) is 11.4 Å². The quantitative estimate of drug-likeness (QED) is 0.697. The van der Waals surface area contributed by atoms with Crippen molar-refractivity contribution in [1.29, 1.82) is 0 Å². The van der Waals surface area contributed by atoms with Crippen molar-refractivity contribution >= 4 is 39.4 Å². The number of benzene rings is 1. The number of hydrogen-bond acceptors (Lipinski definition) is 6. The molecule has 2 aliphatic heterocycles. The molecule has 0 saturated carbocycles. The summed E-state index contributed by atoms with van der Waals surface area (Å²) < 4.78 is 33.1. The second-order valence-electron chi connectivity index (χ2n) is 6.99. The van der Waals surface area contributed by atoms with Crippen molar-refractivity contribution in [2.45, 2.75) is 50.5 Å². The molecule has 2 aliphatic rings. The maximum atomic E-state index is 12.2. The van der Waals surface area contributed by atoms with E-state index in [0.29, 0.717) is 29.6 Å². The van der Waals surface area contributed by atoms with E-state index in [1.54, 1.807) is 0 Å². The number of fused-ring (bicyclic) bond motifs is 1. The van der Waals surface area contributed by atoms with Crippen LogP contribution in [0, 0.1) is 0 Å². The molecule has 0 bridgehead atoms. The zero-order valence-corrected chi connectivity index (χ0v) is 18.5. The van der Waals surface area contributed by atoms with Gasteiger partial charge in [-0.05, 0) is 44.0 Å². The van der Waals surface area contributed by atoms with Crippen molar-refractivity contribution in [2.24, 2.45) is 4.40 Å². The van der Waals surface area contributed by atoms with Crippen LogP contribution >= 0.6 is 23.4 Å². The van der Waals surface area contributed by atoms with Gasteiger partial charge in [0, 0.05) is 35.8 Å². The third-order valence-electron chi connectivity index (χ3n) is 5.02. The zero-order valence-electron chi connectivity index (χ0n) is 16.1. The Kier molecular flexibility index (Phi) is 6.14. The molecule has 3 heterocycles. The molecule has 8 nitrogen and oxygen atoms in total. The Bertz CT molecular complexity index is 1010. The highest BCUT2D eigenvalue weighted by Gasteiger charge is 2.33. The van der Waals surface area contributed by atoms with Crippen molar-refractivity contribution in [3.8, 4) is 11.4 Å². The summed E-state index contributed by atoms with van der Waals surface area (Å²) in [6.45, 7) is 3.55. The molecular formula is C18H23ClN6O2S2. The van der Waals surface area contributed by atoms with Crippen LogP contribution in [0.5, 0.6) is 0 Å². The third kappa shape index (κ3) is 4.60. The topological polar surface area (TPSA) is 92.5 Å². The molecule has 1 atom stereocenters. The van der Waals surface area contributed by atoms with Gasteiger partial charge >= 0.3 is 10.2 Å². The minimum Gasteiger partial charge on any atom is -0.342 e. The first-order valence-electron chi connectivity index (χ1n) is 9.66. The van der Waals surface area contributed by atoms with Crippen LogP contribution in [-0.4, -0.2) is 52.4 Å². The largest absolute Gasteiger partial charge is 0.342 e. The Labute approximate surface area is 179 Å². The molecule has 0 amide bonds. The van der Waals surface area contributed by atoms with Gasteiger partial charge in [0.25, 0.3) is 0 Å². The Morgan fingerprint density at radius 3 is 2.76 bits per heavy atom. The van der Waals surface area contributed by atoms with Crippen molar-refractivity contribution in [3.05, 3.63) is 29.3 Å². The van der Waals surface area contributed by atoms with Gasteiger partial charge < -0.3 is 9.47 Å². The lowest BCUT2D eigenvalue weighted by Gasteiger charge is -2.35. The van der Waals surface area contributed by atoms with Crippen LogP contribution in [0.15, 0.2) is 33.8 Å². The monoisotopic (exact) mass is 454 g/mol. The third-order valence-corrected chi connectivity index (χ3v) is 7.34. The molecule has 156 valence electrons. The summed E-state index contributed by atoms with van der Waals surface area (Å²) in [6, 6.07) is 7.50. The Balaban J connectivity index is 1.54. The fraction of sp³-hybridized carbons (Fsp3) is 0.500. The molecule has 0 unspecified atom stereocenters. The molecule has 1 aromatic heterocycles. The van der Waals surface area contributed by atoms with Gasteiger partial charge in [-0.15, -0.1) is 14.6 Å². The molecule has 1 aromatic carbocycles. The first kappa shape index (κ1) is 20.6. The highest BCUT2D eigenvalue weighted by Crippen LogP contribution is 2.27. The molecule has 11 heteroatoms. The fourth-order valence-corrected chi connectivity index (χ4v) is 5.97. The first-order chi connectivity index (χ1) is 14.0. The van der Waals surface area contributed by atoms with Gasteiger partial charge in [0.15, 0.2) is 11.0 Å². The fourth-order valence-electron chi connectivity index (χ4n) is 3.62. The molecule has 1 saturated heterocycles. The number of nitrogens with zero attached hydrogens (tertiary/aromatic N) is 5. The number of amidine groups is 1. The van der Waals surface area contributed by atoms with E-state index in [1.807, 2.05) is 35.8 Å². The molecule has 1 fully saturated rings. The van der Waals surface area contributed by atoms with E-state index < -0.39 is 10.2 Å². The second-order valence-corrected chi connectivity index (χ2v) is 9.78. The highest BCUT2D eigenvalue weighted by molar-refractivity contribution is 7.99. The number of aromatic nitrogens is 3. The lowest BCUT2D eigenvalue weighted by atomic mass is 10.2. The van der Waals surface area contributed by atoms with Crippen LogP contribution in [0.4, 0.5) is 0 Å². The number of rotatable bonds is 5. The minimum atomic E-state index is -3.65. The SMILES string of the molecule is CCn1c(SC[C@H]2NS(=O)(=O)N=C3CCCCCN32)nnc1-c1ccc(Cl)cc1. The summed E-state index contributed by atoms with van der Waals surface area (Å²) in [7, 11) is -3.65. The summed E-state index contributed by atoms with van der Waals surface area (Å²) in [4.78, 5) is 2.09. The average molecular weight is 455 g/mol. The number of hydrogen-bond donors (Lipinski definition) is 1. The van der Waals surface area contributed by atoms with Crippen LogP contribution in [0.3, 0.4) is 0 Å². The smallest absolute Gasteiger partial charge is 0.323 e.